The summed E-state index contributed by atoms with van der Waals surface area (Å²) in [6.45, 7) is 8.79. The molecule has 0 aromatic heterocycles. The first-order valence-electron chi connectivity index (χ1n) is 6.73. The van der Waals surface area contributed by atoms with Crippen molar-refractivity contribution in [3.63, 3.8) is 0 Å². The molecule has 0 spiro atoms. The largest absolute Gasteiger partial charge is 0.465 e. The fourth-order valence-electron chi connectivity index (χ4n) is 1.59. The van der Waals surface area contributed by atoms with E-state index in [1.807, 2.05) is 13.8 Å². The molecule has 0 fully saturated rings. The van der Waals surface area contributed by atoms with Gasteiger partial charge in [-0.15, -0.1) is 0 Å². The van der Waals surface area contributed by atoms with E-state index in [9.17, 15) is 9.59 Å². The van der Waals surface area contributed by atoms with E-state index in [1.165, 1.54) is 0 Å². The maximum Gasteiger partial charge on any atom is 0.325 e. The monoisotopic (exact) mass is 258 g/mol. The summed E-state index contributed by atoms with van der Waals surface area (Å²) in [5.41, 5.74) is 0. The van der Waals surface area contributed by atoms with Gasteiger partial charge in [-0.25, -0.2) is 4.79 Å². The van der Waals surface area contributed by atoms with Crippen molar-refractivity contribution in [3.05, 3.63) is 0 Å². The predicted molar refractivity (Wildman–Crippen MR) is 71.4 cm³/mol. The van der Waals surface area contributed by atoms with Crippen LogP contribution in [0.5, 0.6) is 0 Å². The number of hydrogen-bond acceptors (Lipinski definition) is 3. The fraction of sp³-hybridized carbons (Fsp3) is 0.846. The topological polar surface area (TPSA) is 58.6 Å². The van der Waals surface area contributed by atoms with Crippen molar-refractivity contribution in [1.29, 1.82) is 0 Å². The molecule has 0 aliphatic heterocycles. The number of amides is 2. The molecule has 18 heavy (non-hydrogen) atoms. The van der Waals surface area contributed by atoms with Gasteiger partial charge >= 0.3 is 12.0 Å². The zero-order chi connectivity index (χ0) is 14.0. The van der Waals surface area contributed by atoms with E-state index >= 15 is 0 Å². The van der Waals surface area contributed by atoms with Crippen LogP contribution >= 0.6 is 0 Å². The number of nitrogens with one attached hydrogen (secondary N) is 1. The Kier molecular flexibility index (Phi) is 9.06. The van der Waals surface area contributed by atoms with Crippen LogP contribution in [0.1, 0.15) is 47.0 Å². The van der Waals surface area contributed by atoms with Crippen LogP contribution in [-0.2, 0) is 9.53 Å². The summed E-state index contributed by atoms with van der Waals surface area (Å²) in [6.07, 6.45) is 3.21. The highest BCUT2D eigenvalue weighted by atomic mass is 16.5. The number of rotatable bonds is 8. The van der Waals surface area contributed by atoms with Crippen LogP contribution in [0.2, 0.25) is 0 Å². The lowest BCUT2D eigenvalue weighted by molar-refractivity contribution is -0.141. The summed E-state index contributed by atoms with van der Waals surface area (Å²) in [4.78, 5) is 24.8. The Bertz CT molecular complexity index is 255. The van der Waals surface area contributed by atoms with Crippen LogP contribution in [0.4, 0.5) is 4.79 Å². The summed E-state index contributed by atoms with van der Waals surface area (Å²) >= 11 is 0. The van der Waals surface area contributed by atoms with Crippen LogP contribution in [0, 0.1) is 0 Å². The maximum absolute atomic E-state index is 11.9. The van der Waals surface area contributed by atoms with Crippen LogP contribution in [-0.4, -0.2) is 42.6 Å². The Labute approximate surface area is 110 Å². The molecule has 0 saturated carbocycles. The van der Waals surface area contributed by atoms with Gasteiger partial charge in [0.2, 0.25) is 0 Å². The highest BCUT2D eigenvalue weighted by molar-refractivity contribution is 5.80. The fourth-order valence-corrected chi connectivity index (χ4v) is 1.59. The third-order valence-electron chi connectivity index (χ3n) is 2.58. The summed E-state index contributed by atoms with van der Waals surface area (Å²) in [5.74, 6) is -0.400. The standard InChI is InChI=1S/C13H26N2O3/c1-5-7-8-9-15(11(3)4)13(17)14-10-12(16)18-6-2/h11H,5-10H2,1-4H3,(H,14,17). The Morgan fingerprint density at radius 3 is 2.39 bits per heavy atom. The van der Waals surface area contributed by atoms with Crippen LogP contribution in [0.15, 0.2) is 0 Å². The van der Waals surface area contributed by atoms with Crippen molar-refractivity contribution in [1.82, 2.24) is 10.2 Å². The van der Waals surface area contributed by atoms with Gasteiger partial charge < -0.3 is 15.0 Å². The molecule has 0 bridgehead atoms. The Balaban J connectivity index is 4.09. The summed E-state index contributed by atoms with van der Waals surface area (Å²) in [7, 11) is 0. The number of urea groups is 1. The van der Waals surface area contributed by atoms with E-state index < -0.39 is 5.97 Å². The molecule has 2 amide bonds. The van der Waals surface area contributed by atoms with Crippen molar-refractivity contribution in [2.45, 2.75) is 53.0 Å². The minimum Gasteiger partial charge on any atom is -0.465 e. The van der Waals surface area contributed by atoms with Gasteiger partial charge in [0.25, 0.3) is 0 Å². The van der Waals surface area contributed by atoms with Gasteiger partial charge in [0, 0.05) is 12.6 Å². The number of carbonyl (C=O) groups is 2. The van der Waals surface area contributed by atoms with Crippen LogP contribution in [0.3, 0.4) is 0 Å². The molecule has 5 nitrogen and oxygen atoms in total. The Morgan fingerprint density at radius 2 is 1.89 bits per heavy atom. The maximum atomic E-state index is 11.9. The van der Waals surface area contributed by atoms with Gasteiger partial charge in [-0.1, -0.05) is 19.8 Å². The SMILES string of the molecule is CCCCCN(C(=O)NCC(=O)OCC)C(C)C. The third-order valence-corrected chi connectivity index (χ3v) is 2.58. The zero-order valence-electron chi connectivity index (χ0n) is 12.0. The smallest absolute Gasteiger partial charge is 0.325 e. The van der Waals surface area contributed by atoms with E-state index in [1.54, 1.807) is 11.8 Å². The second kappa shape index (κ2) is 9.74. The van der Waals surface area contributed by atoms with Crippen molar-refractivity contribution in [2.75, 3.05) is 19.7 Å². The quantitative estimate of drug-likeness (QED) is 0.536. The molecule has 0 aliphatic carbocycles. The highest BCUT2D eigenvalue weighted by Crippen LogP contribution is 2.03. The average Bonchev–Trinajstić information content (AvgIpc) is 2.31. The predicted octanol–water partition coefficient (Wildman–Crippen LogP) is 2.16. The third kappa shape index (κ3) is 7.14. The summed E-state index contributed by atoms with van der Waals surface area (Å²) in [5, 5.41) is 2.59. The molecule has 0 saturated heterocycles. The number of unbranched alkanes of at least 4 members (excludes halogenated alkanes) is 2. The molecule has 5 heteroatoms. The number of hydrogen-bond donors (Lipinski definition) is 1. The molecular formula is C13H26N2O3. The normalized spacial score (nSPS) is 10.3. The molecule has 0 unspecified atom stereocenters. The first-order chi connectivity index (χ1) is 8.52. The molecule has 0 rings (SSSR count). The Morgan fingerprint density at radius 1 is 1.22 bits per heavy atom. The molecule has 0 atom stereocenters. The van der Waals surface area contributed by atoms with Crippen molar-refractivity contribution in [2.24, 2.45) is 0 Å². The lowest BCUT2D eigenvalue weighted by Gasteiger charge is -2.26. The van der Waals surface area contributed by atoms with E-state index in [0.29, 0.717) is 6.61 Å². The van der Waals surface area contributed by atoms with Gasteiger partial charge in [-0.3, -0.25) is 4.79 Å². The number of esters is 1. The minimum atomic E-state index is -0.400. The van der Waals surface area contributed by atoms with E-state index in [2.05, 4.69) is 12.2 Å². The van der Waals surface area contributed by atoms with E-state index in [4.69, 9.17) is 4.74 Å². The van der Waals surface area contributed by atoms with Gasteiger partial charge in [0.1, 0.15) is 6.54 Å². The number of ether oxygens (including phenoxy) is 1. The first kappa shape index (κ1) is 16.7. The summed E-state index contributed by atoms with van der Waals surface area (Å²) in [6, 6.07) is -0.0711. The molecule has 106 valence electrons. The molecule has 0 heterocycles. The number of nitrogens with zero attached hydrogens (tertiary/aromatic N) is 1. The van der Waals surface area contributed by atoms with E-state index in [0.717, 1.165) is 25.8 Å². The van der Waals surface area contributed by atoms with Crippen molar-refractivity contribution >= 4 is 12.0 Å². The first-order valence-corrected chi connectivity index (χ1v) is 6.73. The minimum absolute atomic E-state index is 0.0658. The molecule has 0 aromatic rings. The molecule has 1 N–H and O–H groups in total. The second-order valence-electron chi connectivity index (χ2n) is 4.46. The second-order valence-corrected chi connectivity index (χ2v) is 4.46. The summed E-state index contributed by atoms with van der Waals surface area (Å²) < 4.78 is 4.76. The van der Waals surface area contributed by atoms with Gasteiger partial charge in [0.15, 0.2) is 0 Å². The van der Waals surface area contributed by atoms with Gasteiger partial charge in [0.05, 0.1) is 6.61 Å². The van der Waals surface area contributed by atoms with Gasteiger partial charge in [-0.05, 0) is 27.2 Å². The Hall–Kier alpha value is -1.26. The van der Waals surface area contributed by atoms with Gasteiger partial charge in [-0.2, -0.15) is 0 Å². The molecule has 0 aliphatic rings. The highest BCUT2D eigenvalue weighted by Gasteiger charge is 2.16. The zero-order valence-corrected chi connectivity index (χ0v) is 12.0. The molecule has 0 radical (unpaired) electrons. The van der Waals surface area contributed by atoms with Crippen molar-refractivity contribution in [3.8, 4) is 0 Å². The average molecular weight is 258 g/mol. The van der Waals surface area contributed by atoms with Crippen LogP contribution < -0.4 is 5.32 Å². The lowest BCUT2D eigenvalue weighted by Crippen LogP contribution is -2.46. The van der Waals surface area contributed by atoms with Crippen LogP contribution in [0.25, 0.3) is 0 Å². The number of carbonyl (C=O) groups excluding carboxylic acids is 2. The van der Waals surface area contributed by atoms with Crippen molar-refractivity contribution < 1.29 is 14.3 Å². The van der Waals surface area contributed by atoms with E-state index in [-0.39, 0.29) is 18.6 Å². The molecule has 0 aromatic carbocycles. The lowest BCUT2D eigenvalue weighted by atomic mass is 10.2. The molecular weight excluding hydrogens is 232 g/mol.